The number of piperazine rings is 1. The van der Waals surface area contributed by atoms with E-state index in [0.29, 0.717) is 36.8 Å². The molecule has 2 saturated heterocycles. The van der Waals surface area contributed by atoms with Gasteiger partial charge < -0.3 is 19.9 Å². The summed E-state index contributed by atoms with van der Waals surface area (Å²) in [5.41, 5.74) is -0.678. The van der Waals surface area contributed by atoms with Crippen LogP contribution in [0.2, 0.25) is 5.02 Å². The van der Waals surface area contributed by atoms with Gasteiger partial charge in [-0.25, -0.2) is 9.59 Å². The molecule has 2 aliphatic heterocycles. The minimum atomic E-state index is -1.26. The number of halogens is 1. The Hall–Kier alpha value is -2.81. The fourth-order valence-electron chi connectivity index (χ4n) is 3.41. The van der Waals surface area contributed by atoms with Gasteiger partial charge in [-0.1, -0.05) is 23.7 Å². The summed E-state index contributed by atoms with van der Waals surface area (Å²) in [6.45, 7) is 4.57. The number of nitrogens with one attached hydrogen (secondary N) is 1. The molecule has 1 aromatic carbocycles. The minimum Gasteiger partial charge on any atom is -0.450 e. The van der Waals surface area contributed by atoms with Crippen LogP contribution in [-0.2, 0) is 19.9 Å². The lowest BCUT2D eigenvalue weighted by Gasteiger charge is -2.34. The Kier molecular flexibility index (Phi) is 5.97. The molecule has 0 bridgehead atoms. The van der Waals surface area contributed by atoms with Crippen molar-refractivity contribution in [3.63, 3.8) is 0 Å². The van der Waals surface area contributed by atoms with Gasteiger partial charge in [0.1, 0.15) is 12.1 Å². The molecule has 0 radical (unpaired) electrons. The second kappa shape index (κ2) is 8.28. The number of urea groups is 1. The van der Waals surface area contributed by atoms with Crippen molar-refractivity contribution in [1.29, 1.82) is 0 Å². The van der Waals surface area contributed by atoms with E-state index in [9.17, 15) is 19.2 Å². The van der Waals surface area contributed by atoms with E-state index in [1.165, 1.54) is 9.80 Å². The highest BCUT2D eigenvalue weighted by atomic mass is 35.5. The number of hydrogen-bond donors (Lipinski definition) is 1. The maximum atomic E-state index is 12.9. The Balaban J connectivity index is 1.62. The van der Waals surface area contributed by atoms with Crippen molar-refractivity contribution >= 4 is 35.5 Å². The fraction of sp³-hybridized carbons (Fsp3) is 0.474. The van der Waals surface area contributed by atoms with Gasteiger partial charge in [-0.05, 0) is 31.5 Å². The van der Waals surface area contributed by atoms with Gasteiger partial charge in [-0.15, -0.1) is 0 Å². The molecule has 1 atom stereocenters. The number of carbonyl (C=O) groups is 4. The summed E-state index contributed by atoms with van der Waals surface area (Å²) in [4.78, 5) is 53.7. The molecule has 1 unspecified atom stereocenters. The van der Waals surface area contributed by atoms with Crippen molar-refractivity contribution < 1.29 is 23.9 Å². The Morgan fingerprint density at radius 2 is 1.69 bits per heavy atom. The van der Waals surface area contributed by atoms with Gasteiger partial charge >= 0.3 is 12.1 Å². The molecule has 9 nitrogen and oxygen atoms in total. The number of ether oxygens (including phenoxy) is 1. The third-order valence-corrected chi connectivity index (χ3v) is 5.40. The number of hydrogen-bond acceptors (Lipinski definition) is 5. The van der Waals surface area contributed by atoms with Crippen LogP contribution in [0.25, 0.3) is 0 Å². The summed E-state index contributed by atoms with van der Waals surface area (Å²) < 4.78 is 4.95. The van der Waals surface area contributed by atoms with Crippen molar-refractivity contribution in [1.82, 2.24) is 20.0 Å². The lowest BCUT2D eigenvalue weighted by atomic mass is 9.92. The molecule has 29 heavy (non-hydrogen) atoms. The summed E-state index contributed by atoms with van der Waals surface area (Å²) in [7, 11) is 0. The summed E-state index contributed by atoms with van der Waals surface area (Å²) in [6.07, 6.45) is -0.410. The fourth-order valence-corrected chi connectivity index (χ4v) is 3.53. The topological polar surface area (TPSA) is 99.3 Å². The molecule has 2 heterocycles. The second-order valence-corrected chi connectivity index (χ2v) is 7.46. The Morgan fingerprint density at radius 3 is 2.28 bits per heavy atom. The van der Waals surface area contributed by atoms with Crippen LogP contribution in [0.1, 0.15) is 19.4 Å². The SMILES string of the molecule is CCOC(=O)N1CCN(C(=O)CN2C(=O)NC(C)(c3ccc(Cl)cc3)C2=O)CC1. The molecular formula is C19H23ClN4O5. The molecule has 0 aliphatic carbocycles. The van der Waals surface area contributed by atoms with Crippen molar-refractivity contribution in [3.05, 3.63) is 34.9 Å². The Bertz CT molecular complexity index is 822. The molecule has 0 aromatic heterocycles. The first kappa shape index (κ1) is 20.9. The number of amides is 5. The van der Waals surface area contributed by atoms with E-state index in [4.69, 9.17) is 16.3 Å². The lowest BCUT2D eigenvalue weighted by Crippen LogP contribution is -2.53. The van der Waals surface area contributed by atoms with E-state index in [2.05, 4.69) is 5.32 Å². The third-order valence-electron chi connectivity index (χ3n) is 5.15. The lowest BCUT2D eigenvalue weighted by molar-refractivity contribution is -0.139. The average Bonchev–Trinajstić information content (AvgIpc) is 2.92. The van der Waals surface area contributed by atoms with E-state index in [1.807, 2.05) is 0 Å². The maximum Gasteiger partial charge on any atom is 0.409 e. The van der Waals surface area contributed by atoms with E-state index in [0.717, 1.165) is 4.90 Å². The van der Waals surface area contributed by atoms with Crippen LogP contribution in [0, 0.1) is 0 Å². The first-order chi connectivity index (χ1) is 13.8. The van der Waals surface area contributed by atoms with E-state index >= 15 is 0 Å². The van der Waals surface area contributed by atoms with E-state index in [1.54, 1.807) is 38.1 Å². The van der Waals surface area contributed by atoms with E-state index in [-0.39, 0.29) is 19.1 Å². The van der Waals surface area contributed by atoms with Gasteiger partial charge in [0.15, 0.2) is 0 Å². The van der Waals surface area contributed by atoms with Crippen LogP contribution in [-0.4, -0.2) is 78.0 Å². The molecule has 2 fully saturated rings. The highest BCUT2D eigenvalue weighted by Gasteiger charge is 2.49. The second-order valence-electron chi connectivity index (χ2n) is 7.02. The van der Waals surface area contributed by atoms with Gasteiger partial charge in [-0.3, -0.25) is 14.5 Å². The first-order valence-electron chi connectivity index (χ1n) is 9.36. The molecule has 0 spiro atoms. The zero-order valence-electron chi connectivity index (χ0n) is 16.3. The standard InChI is InChI=1S/C19H23ClN4O5/c1-3-29-18(28)23-10-8-22(9-11-23)15(25)12-24-16(26)19(2,21-17(24)27)13-4-6-14(20)7-5-13/h4-7H,3,8-12H2,1-2H3,(H,21,27). The average molecular weight is 423 g/mol. The van der Waals surface area contributed by atoms with Crippen LogP contribution in [0.4, 0.5) is 9.59 Å². The van der Waals surface area contributed by atoms with Crippen molar-refractivity contribution in [2.75, 3.05) is 39.3 Å². The number of imide groups is 1. The van der Waals surface area contributed by atoms with E-state index < -0.39 is 23.6 Å². The first-order valence-corrected chi connectivity index (χ1v) is 9.73. The smallest absolute Gasteiger partial charge is 0.409 e. The highest BCUT2D eigenvalue weighted by Crippen LogP contribution is 2.29. The van der Waals surface area contributed by atoms with Crippen molar-refractivity contribution in [2.45, 2.75) is 19.4 Å². The zero-order chi connectivity index (χ0) is 21.2. The highest BCUT2D eigenvalue weighted by molar-refractivity contribution is 6.30. The molecule has 0 saturated carbocycles. The van der Waals surface area contributed by atoms with Gasteiger partial charge in [-0.2, -0.15) is 0 Å². The van der Waals surface area contributed by atoms with Crippen molar-refractivity contribution in [2.24, 2.45) is 0 Å². The normalized spacial score (nSPS) is 22.0. The molecule has 10 heteroatoms. The van der Waals surface area contributed by atoms with Gasteiger partial charge in [0.2, 0.25) is 5.91 Å². The summed E-state index contributed by atoms with van der Waals surface area (Å²) in [5, 5.41) is 3.18. The Morgan fingerprint density at radius 1 is 1.10 bits per heavy atom. The van der Waals surface area contributed by atoms with Crippen LogP contribution in [0.3, 0.4) is 0 Å². The molecule has 1 aromatic rings. The summed E-state index contributed by atoms with van der Waals surface area (Å²) in [5.74, 6) is -0.847. The number of rotatable bonds is 4. The number of carbonyl (C=O) groups excluding carboxylic acids is 4. The summed E-state index contributed by atoms with van der Waals surface area (Å²) >= 11 is 5.89. The predicted octanol–water partition coefficient (Wildman–Crippen LogP) is 1.41. The molecule has 1 N–H and O–H groups in total. The number of benzene rings is 1. The minimum absolute atomic E-state index is 0.288. The maximum absolute atomic E-state index is 12.9. The van der Waals surface area contributed by atoms with Crippen molar-refractivity contribution in [3.8, 4) is 0 Å². The largest absolute Gasteiger partial charge is 0.450 e. The molecule has 5 amide bonds. The monoisotopic (exact) mass is 422 g/mol. The van der Waals surface area contributed by atoms with Crippen LogP contribution in [0.15, 0.2) is 24.3 Å². The quantitative estimate of drug-likeness (QED) is 0.739. The molecule has 156 valence electrons. The molecular weight excluding hydrogens is 400 g/mol. The van der Waals surface area contributed by atoms with Gasteiger partial charge in [0.05, 0.1) is 6.61 Å². The predicted molar refractivity (Wildman–Crippen MR) is 104 cm³/mol. The van der Waals surface area contributed by atoms with Crippen LogP contribution in [0.5, 0.6) is 0 Å². The van der Waals surface area contributed by atoms with Crippen LogP contribution >= 0.6 is 11.6 Å². The van der Waals surface area contributed by atoms with Gasteiger partial charge in [0, 0.05) is 31.2 Å². The Labute approximate surface area is 173 Å². The number of nitrogens with zero attached hydrogens (tertiary/aromatic N) is 3. The zero-order valence-corrected chi connectivity index (χ0v) is 17.1. The molecule has 3 rings (SSSR count). The van der Waals surface area contributed by atoms with Gasteiger partial charge in [0.25, 0.3) is 5.91 Å². The van der Waals surface area contributed by atoms with Crippen LogP contribution < -0.4 is 5.32 Å². The molecule has 2 aliphatic rings. The third kappa shape index (κ3) is 4.14. The summed E-state index contributed by atoms with van der Waals surface area (Å²) in [6, 6.07) is 5.99.